The average Bonchev–Trinajstić information content (AvgIpc) is 3.62. The Hall–Kier alpha value is -4.25. The molecule has 1 aromatic carbocycles. The summed E-state index contributed by atoms with van der Waals surface area (Å²) < 4.78 is 105. The Morgan fingerprint density at radius 3 is 2.37 bits per heavy atom. The van der Waals surface area contributed by atoms with Crippen LogP contribution < -0.4 is 4.74 Å². The van der Waals surface area contributed by atoms with E-state index in [1.165, 1.54) is 23.1 Å². The molecule has 3 aliphatic heterocycles. The van der Waals surface area contributed by atoms with Gasteiger partial charge in [-0.15, -0.1) is 11.3 Å². The number of unbranched alkanes of at least 4 members (excludes halogenated alkanes) is 1. The van der Waals surface area contributed by atoms with Crippen molar-refractivity contribution in [3.63, 3.8) is 0 Å². The van der Waals surface area contributed by atoms with Crippen LogP contribution in [0.4, 0.5) is 30.7 Å². The molecule has 0 unspecified atom stereocenters. The molecule has 2 aromatic heterocycles. The summed E-state index contributed by atoms with van der Waals surface area (Å²) in [6.45, 7) is 3.39. The number of thiophene rings is 1. The lowest BCUT2D eigenvalue weighted by Crippen LogP contribution is -2.70. The quantitative estimate of drug-likeness (QED) is 0.238. The minimum Gasteiger partial charge on any atom is -0.474 e. The molecular weight excluding hydrogens is 743 g/mol. The van der Waals surface area contributed by atoms with Crippen molar-refractivity contribution in [3.05, 3.63) is 81.1 Å². The highest BCUT2D eigenvalue weighted by molar-refractivity contribution is 7.10. The minimum atomic E-state index is -4.94. The van der Waals surface area contributed by atoms with Crippen LogP contribution in [0.1, 0.15) is 71.1 Å². The Bertz CT molecular complexity index is 1860. The fourth-order valence-electron chi connectivity index (χ4n) is 7.67. The van der Waals surface area contributed by atoms with Crippen molar-refractivity contribution in [1.82, 2.24) is 24.6 Å². The molecule has 6 rings (SSSR count). The lowest BCUT2D eigenvalue weighted by atomic mass is 9.78. The summed E-state index contributed by atoms with van der Waals surface area (Å²) in [5.74, 6) is -3.18. The van der Waals surface area contributed by atoms with Crippen molar-refractivity contribution in [2.75, 3.05) is 39.8 Å². The van der Waals surface area contributed by atoms with Crippen LogP contribution in [0.2, 0.25) is 0 Å². The number of rotatable bonds is 8. The van der Waals surface area contributed by atoms with Gasteiger partial charge in [-0.1, -0.05) is 25.8 Å². The number of benzene rings is 1. The van der Waals surface area contributed by atoms with Crippen molar-refractivity contribution in [3.8, 4) is 5.75 Å². The van der Waals surface area contributed by atoms with E-state index >= 15 is 4.79 Å². The van der Waals surface area contributed by atoms with Gasteiger partial charge in [0.15, 0.2) is 0 Å². The first-order valence-electron chi connectivity index (χ1n) is 17.8. The number of nitrogens with zero attached hydrogens (tertiary/aromatic N) is 5. The first-order chi connectivity index (χ1) is 25.5. The minimum absolute atomic E-state index is 0.0251. The third-order valence-electron chi connectivity index (χ3n) is 10.4. The van der Waals surface area contributed by atoms with Crippen LogP contribution >= 0.6 is 11.3 Å². The van der Waals surface area contributed by atoms with E-state index in [1.807, 2.05) is 18.9 Å². The van der Waals surface area contributed by atoms with Gasteiger partial charge in [-0.3, -0.25) is 19.4 Å². The molecule has 0 radical (unpaired) electrons. The van der Waals surface area contributed by atoms with Crippen LogP contribution in [0.25, 0.3) is 0 Å². The number of pyridine rings is 1. The number of piperazine rings is 1. The summed E-state index contributed by atoms with van der Waals surface area (Å²) >= 11 is 0.345. The predicted octanol–water partition coefficient (Wildman–Crippen LogP) is 6.66. The van der Waals surface area contributed by atoms with Crippen LogP contribution in [0.15, 0.2) is 48.0 Å². The van der Waals surface area contributed by atoms with Crippen molar-refractivity contribution in [2.45, 2.75) is 82.0 Å². The van der Waals surface area contributed by atoms with Gasteiger partial charge in [0.05, 0.1) is 11.6 Å². The Morgan fingerprint density at radius 2 is 1.70 bits per heavy atom. The number of alkyl halides is 6. The molecule has 2 saturated heterocycles. The van der Waals surface area contributed by atoms with E-state index in [1.54, 1.807) is 4.90 Å². The van der Waals surface area contributed by atoms with E-state index in [2.05, 4.69) is 4.98 Å². The fourth-order valence-corrected chi connectivity index (χ4v) is 8.34. The molecule has 0 aliphatic carbocycles. The van der Waals surface area contributed by atoms with Gasteiger partial charge in [0.1, 0.15) is 28.2 Å². The van der Waals surface area contributed by atoms with Crippen LogP contribution in [0, 0.1) is 5.82 Å². The summed E-state index contributed by atoms with van der Waals surface area (Å²) in [5, 5.41) is 1.09. The van der Waals surface area contributed by atoms with Gasteiger partial charge in [-0.2, -0.15) is 26.3 Å². The molecule has 0 saturated carbocycles. The van der Waals surface area contributed by atoms with Crippen molar-refractivity contribution >= 4 is 29.1 Å². The maximum absolute atomic E-state index is 15.5. The highest BCUT2D eigenvalue weighted by Crippen LogP contribution is 2.44. The van der Waals surface area contributed by atoms with Gasteiger partial charge >= 0.3 is 12.4 Å². The Morgan fingerprint density at radius 1 is 0.963 bits per heavy atom. The Labute approximate surface area is 311 Å². The third-order valence-corrected chi connectivity index (χ3v) is 11.4. The molecule has 2 fully saturated rings. The number of piperidine rings is 1. The second kappa shape index (κ2) is 15.5. The number of aromatic nitrogens is 1. The number of amides is 3. The monoisotopic (exact) mass is 783 g/mol. The molecule has 0 spiro atoms. The summed E-state index contributed by atoms with van der Waals surface area (Å²) in [4.78, 5) is 53.0. The van der Waals surface area contributed by atoms with E-state index in [0.717, 1.165) is 34.7 Å². The second-order valence-corrected chi connectivity index (χ2v) is 14.9. The molecule has 3 aromatic rings. The number of hydrogen-bond donors (Lipinski definition) is 0. The Kier molecular flexibility index (Phi) is 11.3. The lowest BCUT2D eigenvalue weighted by Gasteiger charge is -2.51. The average molecular weight is 784 g/mol. The highest BCUT2D eigenvalue weighted by atomic mass is 32.1. The van der Waals surface area contributed by atoms with E-state index in [-0.39, 0.29) is 44.5 Å². The van der Waals surface area contributed by atoms with Crippen LogP contribution in [0.3, 0.4) is 0 Å². The zero-order valence-electron chi connectivity index (χ0n) is 29.7. The number of halogens is 7. The Balaban J connectivity index is 1.49. The van der Waals surface area contributed by atoms with Gasteiger partial charge in [-0.05, 0) is 55.3 Å². The normalized spacial score (nSPS) is 22.6. The molecular formula is C37H40F7N5O4S. The number of hydrogen-bond acceptors (Lipinski definition) is 7. The van der Waals surface area contributed by atoms with Gasteiger partial charge in [0, 0.05) is 69.8 Å². The summed E-state index contributed by atoms with van der Waals surface area (Å²) in [7, 11) is 1.90. The molecule has 292 valence electrons. The van der Waals surface area contributed by atoms with E-state index in [4.69, 9.17) is 4.74 Å². The van der Waals surface area contributed by atoms with Gasteiger partial charge in [-0.25, -0.2) is 4.39 Å². The zero-order valence-corrected chi connectivity index (χ0v) is 30.5. The molecule has 5 heterocycles. The zero-order chi connectivity index (χ0) is 39.0. The van der Waals surface area contributed by atoms with Gasteiger partial charge < -0.3 is 24.3 Å². The van der Waals surface area contributed by atoms with E-state index < -0.39 is 69.7 Å². The highest BCUT2D eigenvalue weighted by Gasteiger charge is 2.58. The number of carbonyl (C=O) groups excluding carboxylic acids is 3. The molecule has 3 amide bonds. The molecule has 17 heteroatoms. The molecule has 0 N–H and O–H groups in total. The molecule has 3 aliphatic rings. The molecule has 54 heavy (non-hydrogen) atoms. The van der Waals surface area contributed by atoms with Crippen molar-refractivity contribution in [1.29, 1.82) is 0 Å². The molecule has 3 atom stereocenters. The van der Waals surface area contributed by atoms with Crippen molar-refractivity contribution < 1.29 is 49.9 Å². The first-order valence-corrected chi connectivity index (χ1v) is 18.6. The summed E-state index contributed by atoms with van der Waals surface area (Å²) in [6.07, 6.45) is -7.87. The smallest absolute Gasteiger partial charge is 0.425 e. The van der Waals surface area contributed by atoms with E-state index in [9.17, 15) is 40.3 Å². The maximum Gasteiger partial charge on any atom is 0.425 e. The lowest BCUT2D eigenvalue weighted by molar-refractivity contribution is -0.167. The maximum atomic E-state index is 15.5. The van der Waals surface area contributed by atoms with Crippen LogP contribution in [-0.2, 0) is 34.9 Å². The number of ether oxygens (including phenoxy) is 1. The van der Waals surface area contributed by atoms with E-state index in [0.29, 0.717) is 61.5 Å². The predicted molar refractivity (Wildman–Crippen MR) is 184 cm³/mol. The fraction of sp³-hybridized carbons (Fsp3) is 0.514. The number of likely N-dealkylation sites (N-methyl/N-ethyl adjacent to an activating group) is 1. The van der Waals surface area contributed by atoms with Gasteiger partial charge in [0.25, 0.3) is 11.8 Å². The van der Waals surface area contributed by atoms with Crippen molar-refractivity contribution in [2.24, 2.45) is 0 Å². The van der Waals surface area contributed by atoms with Crippen LogP contribution in [-0.4, -0.2) is 99.8 Å². The largest absolute Gasteiger partial charge is 0.474 e. The first kappa shape index (κ1) is 39.4. The summed E-state index contributed by atoms with van der Waals surface area (Å²) in [5.41, 5.74) is -3.26. The molecule has 9 nitrogen and oxygen atoms in total. The second-order valence-electron chi connectivity index (χ2n) is 14.0. The summed E-state index contributed by atoms with van der Waals surface area (Å²) in [6, 6.07) is 4.09. The number of fused-ring (bicyclic) bond motifs is 1. The van der Waals surface area contributed by atoms with Crippen LogP contribution in [0.5, 0.6) is 5.75 Å². The molecule has 0 bridgehead atoms. The van der Waals surface area contributed by atoms with Gasteiger partial charge in [0.2, 0.25) is 11.5 Å². The number of likely N-dealkylation sites (tertiary alicyclic amines) is 1. The topological polar surface area (TPSA) is 86.3 Å². The number of carbonyl (C=O) groups is 3. The third kappa shape index (κ3) is 7.93. The SMILES string of the molecule is CCCC[C@H]1N(C(=O)c2ncccc2C(F)(F)F)CCC[C@@]1(Oc1csc(C(F)(F)F)c1)C(=O)N1Cc2ccc(F)cc2C[C@H]1C(=O)N1CCN(C)CC1. The standard InChI is InChI=1S/C37H40F7N5O4S/c1-3-4-8-29-35(53-26-20-30(54-22-26)37(42,43)44,11-6-13-48(29)33(51)31-27(36(39,40)41)7-5-12-45-31)34(52)49-21-23-9-10-25(38)18-24(23)19-28(49)32(50)47-16-14-46(2)15-17-47/h5,7,9-10,12,18,20,22,28-29H,3-4,6,8,11,13-17,19,21H2,1-2H3/t28-,29+,35-/m0/s1.